The van der Waals surface area contributed by atoms with E-state index < -0.39 is 0 Å². The molecule has 0 rings (SSSR count). The maximum absolute atomic E-state index is 8.67. The monoisotopic (exact) mass is 147 g/mol. The maximum atomic E-state index is 8.67. The summed E-state index contributed by atoms with van der Waals surface area (Å²) < 4.78 is 0. The van der Waals surface area contributed by atoms with E-state index in [-0.39, 0.29) is 6.10 Å². The molecule has 0 spiro atoms. The Hall–Kier alpha value is -0.0800. The van der Waals surface area contributed by atoms with Crippen LogP contribution in [0.25, 0.3) is 0 Å². The average molecular weight is 147 g/mol. The number of hydrogen-bond donors (Lipinski definition) is 1. The van der Waals surface area contributed by atoms with E-state index in [2.05, 4.69) is 0 Å². The highest BCUT2D eigenvalue weighted by Crippen LogP contribution is 1.91. The number of hydrogen-bond acceptors (Lipinski definition) is 2. The zero-order chi connectivity index (χ0) is 8.57. The highest BCUT2D eigenvalue weighted by atomic mass is 16.3. The lowest BCUT2D eigenvalue weighted by molar-refractivity contribution is 0.166. The lowest BCUT2D eigenvalue weighted by Gasteiger charge is -1.98. The first-order valence-corrected chi connectivity index (χ1v) is 3.83. The Balaban J connectivity index is 0. The van der Waals surface area contributed by atoms with Gasteiger partial charge in [-0.3, -0.25) is 0 Å². The maximum Gasteiger partial charge on any atom is 0.0535 e. The van der Waals surface area contributed by atoms with E-state index in [9.17, 15) is 0 Å². The van der Waals surface area contributed by atoms with Crippen LogP contribution in [0.15, 0.2) is 0 Å². The van der Waals surface area contributed by atoms with Crippen LogP contribution in [0.4, 0.5) is 0 Å². The molecule has 2 heteroatoms. The molecule has 0 aliphatic rings. The predicted molar refractivity (Wildman–Crippen MR) is 46.2 cm³/mol. The lowest BCUT2D eigenvalue weighted by Crippen LogP contribution is -1.99. The van der Waals surface area contributed by atoms with Gasteiger partial charge in [0.2, 0.25) is 0 Å². The highest BCUT2D eigenvalue weighted by molar-refractivity contribution is 4.43. The molecule has 64 valence electrons. The standard InChI is InChI=1S/C5H12O.C3H9N/c1-3-5(6)4-2;1-4(2)3/h5-6H,3-4H2,1-2H3;1-3H3. The topological polar surface area (TPSA) is 23.5 Å². The van der Waals surface area contributed by atoms with Gasteiger partial charge in [-0.2, -0.15) is 0 Å². The Labute approximate surface area is 64.9 Å². The Morgan fingerprint density at radius 2 is 1.30 bits per heavy atom. The van der Waals surface area contributed by atoms with Crippen molar-refractivity contribution in [2.75, 3.05) is 21.1 Å². The Morgan fingerprint density at radius 3 is 1.30 bits per heavy atom. The Bertz CT molecular complexity index is 48.5. The second kappa shape index (κ2) is 8.92. The summed E-state index contributed by atoms with van der Waals surface area (Å²) in [4.78, 5) is 2.00. The molecule has 10 heavy (non-hydrogen) atoms. The molecular formula is C8H21NO. The summed E-state index contributed by atoms with van der Waals surface area (Å²) in [6.45, 7) is 3.96. The Kier molecular flexibility index (Phi) is 11.2. The van der Waals surface area contributed by atoms with Crippen molar-refractivity contribution in [1.29, 1.82) is 0 Å². The second-order valence-electron chi connectivity index (χ2n) is 2.81. The summed E-state index contributed by atoms with van der Waals surface area (Å²) in [5, 5.41) is 8.67. The van der Waals surface area contributed by atoms with E-state index in [1.54, 1.807) is 0 Å². The fourth-order valence-electron chi connectivity index (χ4n) is 0.289. The molecular weight excluding hydrogens is 126 g/mol. The van der Waals surface area contributed by atoms with Crippen LogP contribution >= 0.6 is 0 Å². The van der Waals surface area contributed by atoms with Gasteiger partial charge in [-0.15, -0.1) is 0 Å². The van der Waals surface area contributed by atoms with Gasteiger partial charge < -0.3 is 10.0 Å². The van der Waals surface area contributed by atoms with Crippen LogP contribution in [0, 0.1) is 0 Å². The summed E-state index contributed by atoms with van der Waals surface area (Å²) in [6.07, 6.45) is 1.71. The van der Waals surface area contributed by atoms with Crippen molar-refractivity contribution in [3.8, 4) is 0 Å². The summed E-state index contributed by atoms with van der Waals surface area (Å²) in [6, 6.07) is 0. The van der Waals surface area contributed by atoms with E-state index >= 15 is 0 Å². The van der Waals surface area contributed by atoms with Gasteiger partial charge in [0.05, 0.1) is 6.10 Å². The molecule has 2 nitrogen and oxygen atoms in total. The van der Waals surface area contributed by atoms with E-state index in [1.807, 2.05) is 39.9 Å². The minimum absolute atomic E-state index is 0.0648. The van der Waals surface area contributed by atoms with Crippen molar-refractivity contribution < 1.29 is 5.11 Å². The summed E-state index contributed by atoms with van der Waals surface area (Å²) >= 11 is 0. The molecule has 0 aromatic rings. The van der Waals surface area contributed by atoms with Crippen LogP contribution in [-0.2, 0) is 0 Å². The first-order valence-electron chi connectivity index (χ1n) is 3.83. The zero-order valence-electron chi connectivity index (χ0n) is 7.89. The van der Waals surface area contributed by atoms with E-state index in [0.717, 1.165) is 12.8 Å². The predicted octanol–water partition coefficient (Wildman–Crippen LogP) is 1.35. The molecule has 0 heterocycles. The van der Waals surface area contributed by atoms with Crippen molar-refractivity contribution in [3.63, 3.8) is 0 Å². The van der Waals surface area contributed by atoms with E-state index in [1.165, 1.54) is 0 Å². The van der Waals surface area contributed by atoms with Crippen molar-refractivity contribution >= 4 is 0 Å². The van der Waals surface area contributed by atoms with Crippen LogP contribution in [0.3, 0.4) is 0 Å². The number of aliphatic hydroxyl groups excluding tert-OH is 1. The van der Waals surface area contributed by atoms with E-state index in [4.69, 9.17) is 5.11 Å². The molecule has 0 saturated carbocycles. The van der Waals surface area contributed by atoms with Crippen LogP contribution in [0.2, 0.25) is 0 Å². The molecule has 0 unspecified atom stereocenters. The van der Waals surface area contributed by atoms with Gasteiger partial charge in [-0.05, 0) is 34.0 Å². The molecule has 0 aromatic heterocycles. The number of nitrogens with zero attached hydrogens (tertiary/aromatic N) is 1. The van der Waals surface area contributed by atoms with Crippen molar-refractivity contribution in [3.05, 3.63) is 0 Å². The molecule has 0 amide bonds. The molecule has 0 saturated heterocycles. The molecule has 0 atom stereocenters. The van der Waals surface area contributed by atoms with Crippen LogP contribution < -0.4 is 0 Å². The summed E-state index contributed by atoms with van der Waals surface area (Å²) in [5.74, 6) is 0. The third kappa shape index (κ3) is 24.7. The highest BCUT2D eigenvalue weighted by Gasteiger charge is 1.90. The van der Waals surface area contributed by atoms with E-state index in [0.29, 0.717) is 0 Å². The van der Waals surface area contributed by atoms with Gasteiger partial charge >= 0.3 is 0 Å². The largest absolute Gasteiger partial charge is 0.393 e. The summed E-state index contributed by atoms with van der Waals surface area (Å²) in [7, 11) is 6.00. The van der Waals surface area contributed by atoms with Gasteiger partial charge in [-0.1, -0.05) is 13.8 Å². The molecule has 0 aliphatic heterocycles. The van der Waals surface area contributed by atoms with Crippen LogP contribution in [-0.4, -0.2) is 37.3 Å². The molecule has 0 fully saturated rings. The fraction of sp³-hybridized carbons (Fsp3) is 1.00. The van der Waals surface area contributed by atoms with Crippen molar-refractivity contribution in [1.82, 2.24) is 4.90 Å². The third-order valence-electron chi connectivity index (χ3n) is 0.942. The second-order valence-corrected chi connectivity index (χ2v) is 2.81. The van der Waals surface area contributed by atoms with Gasteiger partial charge in [0.1, 0.15) is 0 Å². The quantitative estimate of drug-likeness (QED) is 0.637. The van der Waals surface area contributed by atoms with Gasteiger partial charge in [0.25, 0.3) is 0 Å². The van der Waals surface area contributed by atoms with Gasteiger partial charge in [0.15, 0.2) is 0 Å². The first kappa shape index (κ1) is 12.6. The minimum Gasteiger partial charge on any atom is -0.393 e. The SMILES string of the molecule is CCC(O)CC.CN(C)C. The first-order chi connectivity index (χ1) is 4.54. The average Bonchev–Trinajstić information content (AvgIpc) is 1.85. The van der Waals surface area contributed by atoms with Gasteiger partial charge in [0, 0.05) is 0 Å². The molecule has 0 aliphatic carbocycles. The third-order valence-corrected chi connectivity index (χ3v) is 0.942. The molecule has 1 N–H and O–H groups in total. The molecule has 0 aromatic carbocycles. The Morgan fingerprint density at radius 1 is 1.10 bits per heavy atom. The fourth-order valence-corrected chi connectivity index (χ4v) is 0.289. The summed E-state index contributed by atoms with van der Waals surface area (Å²) in [5.41, 5.74) is 0. The molecule has 0 radical (unpaired) electrons. The minimum atomic E-state index is -0.0648. The number of rotatable bonds is 2. The van der Waals surface area contributed by atoms with Gasteiger partial charge in [-0.25, -0.2) is 0 Å². The van der Waals surface area contributed by atoms with Crippen LogP contribution in [0.1, 0.15) is 26.7 Å². The smallest absolute Gasteiger partial charge is 0.0535 e. The van der Waals surface area contributed by atoms with Crippen LogP contribution in [0.5, 0.6) is 0 Å². The molecule has 0 bridgehead atoms. The van der Waals surface area contributed by atoms with Crippen molar-refractivity contribution in [2.45, 2.75) is 32.8 Å². The zero-order valence-corrected chi connectivity index (χ0v) is 7.89. The lowest BCUT2D eigenvalue weighted by atomic mass is 10.2. The normalized spacial score (nSPS) is 9.60. The van der Waals surface area contributed by atoms with Crippen molar-refractivity contribution in [2.24, 2.45) is 0 Å². The number of aliphatic hydroxyl groups is 1.